The molecule has 0 bridgehead atoms. The highest BCUT2D eigenvalue weighted by Crippen LogP contribution is 2.09. The summed E-state index contributed by atoms with van der Waals surface area (Å²) in [6.07, 6.45) is 2.43. The molecule has 72 valence electrons. The summed E-state index contributed by atoms with van der Waals surface area (Å²) in [6.45, 7) is 0. The number of hydrogen-bond donors (Lipinski definition) is 3. The minimum Gasteiger partial charge on any atom is -0.478 e. The van der Waals surface area contributed by atoms with Crippen molar-refractivity contribution in [2.24, 2.45) is 5.73 Å². The molecule has 0 fully saturated rings. The Balaban J connectivity index is 3.07. The Labute approximate surface area is 81.2 Å². The number of hydrogen-bond acceptors (Lipinski definition) is 2. The second kappa shape index (κ2) is 4.23. The number of benzene rings is 1. The normalized spacial score (nSPS) is 10.3. The topological polar surface area (TPSA) is 87.2 Å². The van der Waals surface area contributed by atoms with Crippen LogP contribution in [0.5, 0.6) is 0 Å². The van der Waals surface area contributed by atoms with Gasteiger partial charge in [-0.1, -0.05) is 24.3 Å². The first kappa shape index (κ1) is 9.98. The van der Waals surface area contributed by atoms with Gasteiger partial charge in [-0.05, 0) is 11.6 Å². The third-order valence-corrected chi connectivity index (χ3v) is 1.66. The second-order valence-electron chi connectivity index (χ2n) is 2.67. The summed E-state index contributed by atoms with van der Waals surface area (Å²) >= 11 is 0. The number of nitrogens with one attached hydrogen (secondary N) is 1. The largest absolute Gasteiger partial charge is 0.478 e. The summed E-state index contributed by atoms with van der Waals surface area (Å²) < 4.78 is 0. The number of amidine groups is 1. The molecule has 0 atom stereocenters. The van der Waals surface area contributed by atoms with Gasteiger partial charge < -0.3 is 10.8 Å². The van der Waals surface area contributed by atoms with Crippen LogP contribution < -0.4 is 5.73 Å². The van der Waals surface area contributed by atoms with Crippen LogP contribution in [-0.4, -0.2) is 16.9 Å². The van der Waals surface area contributed by atoms with Gasteiger partial charge >= 0.3 is 5.97 Å². The molecule has 0 heterocycles. The van der Waals surface area contributed by atoms with Crippen molar-refractivity contribution >= 4 is 17.9 Å². The van der Waals surface area contributed by atoms with E-state index in [-0.39, 0.29) is 5.84 Å². The number of aliphatic carboxylic acids is 1. The van der Waals surface area contributed by atoms with E-state index in [1.165, 1.54) is 6.08 Å². The zero-order valence-corrected chi connectivity index (χ0v) is 7.40. The van der Waals surface area contributed by atoms with E-state index in [9.17, 15) is 4.79 Å². The average molecular weight is 190 g/mol. The Kier molecular flexibility index (Phi) is 3.01. The molecule has 4 N–H and O–H groups in total. The predicted octanol–water partition coefficient (Wildman–Crippen LogP) is 1.07. The number of nitrogens with two attached hydrogens (primary N) is 1. The van der Waals surface area contributed by atoms with Crippen LogP contribution in [0, 0.1) is 5.41 Å². The molecule has 1 aromatic rings. The van der Waals surface area contributed by atoms with E-state index in [4.69, 9.17) is 16.2 Å². The van der Waals surface area contributed by atoms with Crippen molar-refractivity contribution in [2.45, 2.75) is 0 Å². The fourth-order valence-corrected chi connectivity index (χ4v) is 1.05. The van der Waals surface area contributed by atoms with Gasteiger partial charge in [0.1, 0.15) is 5.84 Å². The van der Waals surface area contributed by atoms with E-state index in [1.807, 2.05) is 0 Å². The highest BCUT2D eigenvalue weighted by atomic mass is 16.4. The van der Waals surface area contributed by atoms with E-state index in [0.29, 0.717) is 11.1 Å². The molecular formula is C10H10N2O2. The van der Waals surface area contributed by atoms with Crippen LogP contribution in [0.2, 0.25) is 0 Å². The van der Waals surface area contributed by atoms with Crippen molar-refractivity contribution in [3.63, 3.8) is 0 Å². The fourth-order valence-electron chi connectivity index (χ4n) is 1.05. The van der Waals surface area contributed by atoms with Gasteiger partial charge in [0.15, 0.2) is 0 Å². The molecule has 0 spiro atoms. The summed E-state index contributed by atoms with van der Waals surface area (Å²) in [4.78, 5) is 10.3. The van der Waals surface area contributed by atoms with Crippen LogP contribution in [0.25, 0.3) is 6.08 Å². The Morgan fingerprint density at radius 3 is 2.64 bits per heavy atom. The number of carboxylic acids is 1. The lowest BCUT2D eigenvalue weighted by atomic mass is 10.1. The number of carboxylic acid groups (broad SMARTS) is 1. The lowest BCUT2D eigenvalue weighted by Gasteiger charge is -2.02. The van der Waals surface area contributed by atoms with E-state index >= 15 is 0 Å². The van der Waals surface area contributed by atoms with Crippen molar-refractivity contribution in [3.05, 3.63) is 41.5 Å². The van der Waals surface area contributed by atoms with Crippen molar-refractivity contribution in [1.29, 1.82) is 5.41 Å². The first-order chi connectivity index (χ1) is 6.61. The van der Waals surface area contributed by atoms with Gasteiger partial charge in [-0.25, -0.2) is 4.79 Å². The van der Waals surface area contributed by atoms with Crippen LogP contribution in [-0.2, 0) is 4.79 Å². The maximum absolute atomic E-state index is 10.3. The number of rotatable bonds is 3. The summed E-state index contributed by atoms with van der Waals surface area (Å²) in [5.74, 6) is -1.10. The zero-order valence-electron chi connectivity index (χ0n) is 7.40. The molecule has 0 saturated heterocycles. The number of nitrogen functional groups attached to an aromatic ring is 1. The molecule has 4 heteroatoms. The van der Waals surface area contributed by atoms with Gasteiger partial charge in [-0.3, -0.25) is 5.41 Å². The van der Waals surface area contributed by atoms with Gasteiger partial charge in [0.05, 0.1) is 0 Å². The molecule has 0 aliphatic heterocycles. The van der Waals surface area contributed by atoms with Crippen molar-refractivity contribution in [2.75, 3.05) is 0 Å². The Bertz CT molecular complexity index is 397. The van der Waals surface area contributed by atoms with E-state index < -0.39 is 5.97 Å². The maximum atomic E-state index is 10.3. The molecule has 1 rings (SSSR count). The van der Waals surface area contributed by atoms with E-state index in [1.54, 1.807) is 24.3 Å². The Morgan fingerprint density at radius 2 is 2.07 bits per heavy atom. The molecule has 1 aromatic carbocycles. The number of carbonyl (C=O) groups is 1. The third kappa shape index (κ3) is 2.45. The van der Waals surface area contributed by atoms with Crippen molar-refractivity contribution < 1.29 is 9.90 Å². The van der Waals surface area contributed by atoms with Crippen LogP contribution in [0.3, 0.4) is 0 Å². The van der Waals surface area contributed by atoms with Crippen LogP contribution in [0.15, 0.2) is 30.3 Å². The van der Waals surface area contributed by atoms with Crippen molar-refractivity contribution in [1.82, 2.24) is 0 Å². The SMILES string of the molecule is N=C(N)c1ccccc1C=CC(=O)O. The molecule has 0 amide bonds. The first-order valence-electron chi connectivity index (χ1n) is 3.95. The van der Waals surface area contributed by atoms with Gasteiger partial charge in [-0.2, -0.15) is 0 Å². The zero-order chi connectivity index (χ0) is 10.6. The van der Waals surface area contributed by atoms with Gasteiger partial charge in [-0.15, -0.1) is 0 Å². The van der Waals surface area contributed by atoms with Gasteiger partial charge in [0.2, 0.25) is 0 Å². The Hall–Kier alpha value is -2.10. The summed E-state index contributed by atoms with van der Waals surface area (Å²) in [6, 6.07) is 6.88. The quantitative estimate of drug-likeness (QED) is 0.378. The molecule has 0 aliphatic carbocycles. The minimum atomic E-state index is -1.02. The third-order valence-electron chi connectivity index (χ3n) is 1.66. The van der Waals surface area contributed by atoms with Gasteiger partial charge in [0.25, 0.3) is 0 Å². The van der Waals surface area contributed by atoms with E-state index in [0.717, 1.165) is 6.08 Å². The van der Waals surface area contributed by atoms with Crippen LogP contribution >= 0.6 is 0 Å². The molecule has 14 heavy (non-hydrogen) atoms. The average Bonchev–Trinajstić information content (AvgIpc) is 2.15. The predicted molar refractivity (Wildman–Crippen MR) is 54.1 cm³/mol. The van der Waals surface area contributed by atoms with Crippen molar-refractivity contribution in [3.8, 4) is 0 Å². The standard InChI is InChI=1S/C10H10N2O2/c11-10(12)8-4-2-1-3-7(8)5-6-9(13)14/h1-6H,(H3,11,12)(H,13,14). The molecule has 0 radical (unpaired) electrons. The Morgan fingerprint density at radius 1 is 1.43 bits per heavy atom. The molecule has 4 nitrogen and oxygen atoms in total. The highest BCUT2D eigenvalue weighted by Gasteiger charge is 2.00. The summed E-state index contributed by atoms with van der Waals surface area (Å²) in [7, 11) is 0. The molecule has 0 aliphatic rings. The lowest BCUT2D eigenvalue weighted by molar-refractivity contribution is -0.131. The summed E-state index contributed by atoms with van der Waals surface area (Å²) in [5, 5.41) is 15.7. The molecule has 0 unspecified atom stereocenters. The smallest absolute Gasteiger partial charge is 0.328 e. The van der Waals surface area contributed by atoms with E-state index in [2.05, 4.69) is 0 Å². The maximum Gasteiger partial charge on any atom is 0.328 e. The molecule has 0 aromatic heterocycles. The fraction of sp³-hybridized carbons (Fsp3) is 0. The molecule has 0 saturated carbocycles. The van der Waals surface area contributed by atoms with Gasteiger partial charge in [0, 0.05) is 11.6 Å². The lowest BCUT2D eigenvalue weighted by Crippen LogP contribution is -2.12. The second-order valence-corrected chi connectivity index (χ2v) is 2.67. The highest BCUT2D eigenvalue weighted by molar-refractivity contribution is 5.99. The van der Waals surface area contributed by atoms with Crippen LogP contribution in [0.4, 0.5) is 0 Å². The van der Waals surface area contributed by atoms with Crippen LogP contribution in [0.1, 0.15) is 11.1 Å². The monoisotopic (exact) mass is 190 g/mol. The molecular weight excluding hydrogens is 180 g/mol. The first-order valence-corrected chi connectivity index (χ1v) is 3.95. The minimum absolute atomic E-state index is 0.0735. The summed E-state index contributed by atoms with van der Waals surface area (Å²) in [5.41, 5.74) is 6.48.